The van der Waals surface area contributed by atoms with E-state index in [2.05, 4.69) is 53.8 Å². The molecule has 1 N–H and O–H groups in total. The molecule has 0 spiro atoms. The van der Waals surface area contributed by atoms with E-state index in [-0.39, 0.29) is 12.4 Å². The van der Waals surface area contributed by atoms with Crippen LogP contribution in [0.15, 0.2) is 54.6 Å². The molecule has 0 aromatic heterocycles. The summed E-state index contributed by atoms with van der Waals surface area (Å²) in [6.45, 7) is 2.76. The molecule has 106 valence electrons. The van der Waals surface area contributed by atoms with Gasteiger partial charge in [0.05, 0.1) is 12.7 Å². The summed E-state index contributed by atoms with van der Waals surface area (Å²) in [7, 11) is 0. The monoisotopic (exact) mass is 289 g/mol. The summed E-state index contributed by atoms with van der Waals surface area (Å²) < 4.78 is 5.92. The first-order chi connectivity index (χ1) is 9.42. The molecule has 1 aliphatic heterocycles. The maximum atomic E-state index is 5.92. The Balaban J connectivity index is 0.00000147. The van der Waals surface area contributed by atoms with Crippen LogP contribution in [-0.2, 0) is 11.3 Å². The zero-order valence-corrected chi connectivity index (χ0v) is 12.2. The molecule has 2 nitrogen and oxygen atoms in total. The van der Waals surface area contributed by atoms with Crippen LogP contribution in [0.1, 0.15) is 12.0 Å². The summed E-state index contributed by atoms with van der Waals surface area (Å²) in [5.74, 6) is 0. The third kappa shape index (κ3) is 3.83. The maximum absolute atomic E-state index is 5.92. The quantitative estimate of drug-likeness (QED) is 0.927. The average Bonchev–Trinajstić information content (AvgIpc) is 3.00. The van der Waals surface area contributed by atoms with Crippen LogP contribution < -0.4 is 5.32 Å². The lowest BCUT2D eigenvalue weighted by Crippen LogP contribution is -2.16. The smallest absolute Gasteiger partial charge is 0.0721 e. The predicted octanol–water partition coefficient (Wildman–Crippen LogP) is 3.65. The van der Waals surface area contributed by atoms with Crippen molar-refractivity contribution in [3.05, 3.63) is 60.2 Å². The molecule has 3 heteroatoms. The Labute approximate surface area is 126 Å². The van der Waals surface area contributed by atoms with E-state index < -0.39 is 0 Å². The Bertz CT molecular complexity index is 524. The minimum atomic E-state index is 0. The number of halogens is 1. The average molecular weight is 290 g/mol. The Kier molecular flexibility index (Phi) is 5.60. The van der Waals surface area contributed by atoms with E-state index >= 15 is 0 Å². The first-order valence-corrected chi connectivity index (χ1v) is 6.88. The summed E-state index contributed by atoms with van der Waals surface area (Å²) in [5, 5.41) is 3.32. The Morgan fingerprint density at radius 2 is 1.80 bits per heavy atom. The van der Waals surface area contributed by atoms with Gasteiger partial charge >= 0.3 is 0 Å². The minimum Gasteiger partial charge on any atom is -0.372 e. The summed E-state index contributed by atoms with van der Waals surface area (Å²) in [6.07, 6.45) is 1.50. The van der Waals surface area contributed by atoms with Gasteiger partial charge in [0.25, 0.3) is 0 Å². The molecule has 1 heterocycles. The van der Waals surface area contributed by atoms with Crippen LogP contribution in [0, 0.1) is 0 Å². The van der Waals surface area contributed by atoms with Gasteiger partial charge in [0.2, 0.25) is 0 Å². The van der Waals surface area contributed by atoms with Gasteiger partial charge < -0.3 is 10.1 Å². The second-order valence-electron chi connectivity index (χ2n) is 4.99. The van der Waals surface area contributed by atoms with E-state index in [1.165, 1.54) is 16.7 Å². The van der Waals surface area contributed by atoms with Gasteiger partial charge in [-0.15, -0.1) is 12.4 Å². The van der Waals surface area contributed by atoms with Crippen molar-refractivity contribution in [2.24, 2.45) is 0 Å². The molecule has 0 amide bonds. The highest BCUT2D eigenvalue weighted by Gasteiger charge is 2.14. The van der Waals surface area contributed by atoms with Crippen molar-refractivity contribution in [1.82, 2.24) is 5.32 Å². The van der Waals surface area contributed by atoms with E-state index in [0.29, 0.717) is 12.7 Å². The van der Waals surface area contributed by atoms with Gasteiger partial charge in [-0.25, -0.2) is 0 Å². The largest absolute Gasteiger partial charge is 0.372 e. The molecule has 3 rings (SSSR count). The van der Waals surface area contributed by atoms with Gasteiger partial charge in [0, 0.05) is 6.54 Å². The minimum absolute atomic E-state index is 0. The van der Waals surface area contributed by atoms with Crippen LogP contribution in [-0.4, -0.2) is 19.2 Å². The highest BCUT2D eigenvalue weighted by atomic mass is 35.5. The first-order valence-electron chi connectivity index (χ1n) is 6.88. The number of benzene rings is 2. The fourth-order valence-electron chi connectivity index (χ4n) is 2.46. The van der Waals surface area contributed by atoms with E-state index in [1.807, 2.05) is 6.07 Å². The van der Waals surface area contributed by atoms with E-state index in [4.69, 9.17) is 4.74 Å². The Morgan fingerprint density at radius 3 is 2.55 bits per heavy atom. The summed E-state index contributed by atoms with van der Waals surface area (Å²) in [5.41, 5.74) is 3.76. The van der Waals surface area contributed by atoms with Crippen molar-refractivity contribution in [3.8, 4) is 11.1 Å². The number of ether oxygens (including phenoxy) is 1. The molecule has 1 unspecified atom stereocenters. The first kappa shape index (κ1) is 15.0. The zero-order chi connectivity index (χ0) is 12.9. The summed E-state index contributed by atoms with van der Waals surface area (Å²) in [4.78, 5) is 0. The van der Waals surface area contributed by atoms with Crippen LogP contribution in [0.4, 0.5) is 0 Å². The van der Waals surface area contributed by atoms with E-state index in [1.54, 1.807) is 0 Å². The number of hydrogen-bond acceptors (Lipinski definition) is 2. The predicted molar refractivity (Wildman–Crippen MR) is 85.2 cm³/mol. The van der Waals surface area contributed by atoms with E-state index in [9.17, 15) is 0 Å². The van der Waals surface area contributed by atoms with E-state index in [0.717, 1.165) is 19.5 Å². The Morgan fingerprint density at radius 1 is 1.00 bits per heavy atom. The topological polar surface area (TPSA) is 21.3 Å². The molecule has 1 aliphatic rings. The maximum Gasteiger partial charge on any atom is 0.0721 e. The zero-order valence-electron chi connectivity index (χ0n) is 11.4. The Hall–Kier alpha value is -1.35. The third-order valence-electron chi connectivity index (χ3n) is 3.53. The van der Waals surface area contributed by atoms with Crippen LogP contribution in [0.3, 0.4) is 0 Å². The second-order valence-corrected chi connectivity index (χ2v) is 4.99. The van der Waals surface area contributed by atoms with Gasteiger partial charge in [0.15, 0.2) is 0 Å². The molecular weight excluding hydrogens is 270 g/mol. The molecule has 1 fully saturated rings. The second kappa shape index (κ2) is 7.44. The fraction of sp³-hybridized carbons (Fsp3) is 0.294. The van der Waals surface area contributed by atoms with Crippen LogP contribution in [0.5, 0.6) is 0 Å². The van der Waals surface area contributed by atoms with Crippen molar-refractivity contribution in [2.45, 2.75) is 19.1 Å². The highest BCUT2D eigenvalue weighted by molar-refractivity contribution is 5.85. The lowest BCUT2D eigenvalue weighted by Gasteiger charge is -2.11. The van der Waals surface area contributed by atoms with Crippen LogP contribution >= 0.6 is 12.4 Å². The van der Waals surface area contributed by atoms with Crippen LogP contribution in [0.25, 0.3) is 11.1 Å². The molecule has 2 aromatic carbocycles. The lowest BCUT2D eigenvalue weighted by atomic mass is 10.0. The number of hydrogen-bond donors (Lipinski definition) is 1. The SMILES string of the molecule is Cl.c1ccc(-c2cccc(COC3CCNC3)c2)cc1. The third-order valence-corrected chi connectivity index (χ3v) is 3.53. The van der Waals surface area contributed by atoms with Crippen molar-refractivity contribution >= 4 is 12.4 Å². The molecule has 0 saturated carbocycles. The fourth-order valence-corrected chi connectivity index (χ4v) is 2.46. The molecule has 0 bridgehead atoms. The van der Waals surface area contributed by atoms with Crippen LogP contribution in [0.2, 0.25) is 0 Å². The number of rotatable bonds is 4. The van der Waals surface area contributed by atoms with Gasteiger partial charge in [-0.2, -0.15) is 0 Å². The molecule has 1 atom stereocenters. The molecule has 2 aromatic rings. The van der Waals surface area contributed by atoms with Crippen molar-refractivity contribution < 1.29 is 4.74 Å². The lowest BCUT2D eigenvalue weighted by molar-refractivity contribution is 0.0542. The van der Waals surface area contributed by atoms with Crippen molar-refractivity contribution in [1.29, 1.82) is 0 Å². The molecule has 0 radical (unpaired) electrons. The summed E-state index contributed by atoms with van der Waals surface area (Å²) in [6, 6.07) is 19.1. The molecule has 20 heavy (non-hydrogen) atoms. The van der Waals surface area contributed by atoms with Gasteiger partial charge in [-0.05, 0) is 35.7 Å². The summed E-state index contributed by atoms with van der Waals surface area (Å²) >= 11 is 0. The molecule has 1 saturated heterocycles. The highest BCUT2D eigenvalue weighted by Crippen LogP contribution is 2.20. The normalized spacial score (nSPS) is 17.7. The number of nitrogens with one attached hydrogen (secondary N) is 1. The van der Waals surface area contributed by atoms with Gasteiger partial charge in [0.1, 0.15) is 0 Å². The molecular formula is C17H20ClNO. The standard InChI is InChI=1S/C17H19NO.ClH/c1-2-6-15(7-3-1)16-8-4-5-14(11-16)13-19-17-9-10-18-12-17;/h1-8,11,17-18H,9-10,12-13H2;1H. The van der Waals surface area contributed by atoms with Crippen molar-refractivity contribution in [2.75, 3.05) is 13.1 Å². The van der Waals surface area contributed by atoms with Crippen molar-refractivity contribution in [3.63, 3.8) is 0 Å². The molecule has 0 aliphatic carbocycles. The van der Waals surface area contributed by atoms with Gasteiger partial charge in [-0.1, -0.05) is 48.5 Å². The van der Waals surface area contributed by atoms with Gasteiger partial charge in [-0.3, -0.25) is 0 Å².